The van der Waals surface area contributed by atoms with Crippen LogP contribution in [0.3, 0.4) is 0 Å². The van der Waals surface area contributed by atoms with Gasteiger partial charge in [-0.2, -0.15) is 0 Å². The Morgan fingerprint density at radius 1 is 1.17 bits per heavy atom. The number of esters is 1. The van der Waals surface area contributed by atoms with E-state index in [0.717, 1.165) is 10.4 Å². The van der Waals surface area contributed by atoms with Crippen LogP contribution in [0.4, 0.5) is 5.00 Å². The number of halogens is 1. The number of ether oxygens (including phenoxy) is 1. The van der Waals surface area contributed by atoms with Crippen LogP contribution in [0.2, 0.25) is 5.02 Å². The number of aromatic nitrogens is 1. The van der Waals surface area contributed by atoms with Gasteiger partial charge in [-0.3, -0.25) is 9.59 Å². The minimum absolute atomic E-state index is 0.157. The van der Waals surface area contributed by atoms with Gasteiger partial charge in [-0.1, -0.05) is 29.8 Å². The lowest BCUT2D eigenvalue weighted by molar-refractivity contribution is -0.116. The first-order chi connectivity index (χ1) is 14.3. The molecule has 1 aromatic carbocycles. The predicted octanol–water partition coefficient (Wildman–Crippen LogP) is 4.66. The fourth-order valence-electron chi connectivity index (χ4n) is 3.10. The summed E-state index contributed by atoms with van der Waals surface area (Å²) in [6.07, 6.45) is 1.56. The molecule has 0 radical (unpaired) electrons. The number of nitrogens with zero attached hydrogens (tertiary/aromatic N) is 1. The lowest BCUT2D eigenvalue weighted by Gasteiger charge is -2.10. The number of nitrogens with one attached hydrogen (secondary N) is 1. The number of aryl methyl sites for hydroxylation is 2. The van der Waals surface area contributed by atoms with Gasteiger partial charge in [0.2, 0.25) is 5.91 Å². The molecular weight excluding hydrogens is 424 g/mol. The van der Waals surface area contributed by atoms with Crippen LogP contribution in [0, 0.1) is 13.8 Å². The molecule has 30 heavy (non-hydrogen) atoms. The lowest BCUT2D eigenvalue weighted by atomic mass is 10.0. The third-order valence-electron chi connectivity index (χ3n) is 4.47. The minimum Gasteiger partial charge on any atom is -0.462 e. The summed E-state index contributed by atoms with van der Waals surface area (Å²) in [5, 5.41) is 3.76. The molecule has 0 aliphatic rings. The lowest BCUT2D eigenvalue weighted by Crippen LogP contribution is -2.28. The Bertz CT molecular complexity index is 1150. The maximum Gasteiger partial charge on any atom is 0.341 e. The highest BCUT2D eigenvalue weighted by molar-refractivity contribution is 7.17. The SMILES string of the molecule is CCOC(=O)c1c(NC(=O)Cn2cccc(C)c2=O)sc(C)c1-c1ccc(Cl)cc1. The first-order valence-corrected chi connectivity index (χ1v) is 10.5. The van der Waals surface area contributed by atoms with Crippen molar-refractivity contribution in [2.45, 2.75) is 27.3 Å². The number of carbonyl (C=O) groups excluding carboxylic acids is 2. The molecule has 0 aliphatic carbocycles. The molecule has 8 heteroatoms. The van der Waals surface area contributed by atoms with Crippen LogP contribution in [0.1, 0.15) is 27.7 Å². The number of amides is 1. The average molecular weight is 445 g/mol. The molecule has 1 amide bonds. The van der Waals surface area contributed by atoms with Crippen LogP contribution < -0.4 is 10.9 Å². The van der Waals surface area contributed by atoms with E-state index in [1.54, 1.807) is 44.3 Å². The number of anilines is 1. The van der Waals surface area contributed by atoms with Gasteiger partial charge < -0.3 is 14.6 Å². The van der Waals surface area contributed by atoms with Crippen LogP contribution in [-0.4, -0.2) is 23.1 Å². The molecule has 0 bridgehead atoms. The first kappa shape index (κ1) is 21.8. The summed E-state index contributed by atoms with van der Waals surface area (Å²) in [6.45, 7) is 5.34. The average Bonchev–Trinajstić information content (AvgIpc) is 3.02. The molecule has 156 valence electrons. The number of rotatable bonds is 6. The number of hydrogen-bond donors (Lipinski definition) is 1. The summed E-state index contributed by atoms with van der Waals surface area (Å²) in [6, 6.07) is 10.5. The monoisotopic (exact) mass is 444 g/mol. The number of hydrogen-bond acceptors (Lipinski definition) is 5. The molecular formula is C22H21ClN2O4S. The molecule has 2 heterocycles. The molecule has 2 aromatic heterocycles. The van der Waals surface area contributed by atoms with E-state index in [1.165, 1.54) is 15.9 Å². The Kier molecular flexibility index (Phi) is 6.74. The second-order valence-electron chi connectivity index (χ2n) is 6.64. The standard InChI is InChI=1S/C22H21ClN2O4S/c1-4-29-22(28)19-18(15-7-9-16(23)10-8-15)14(3)30-20(19)24-17(26)12-25-11-5-6-13(2)21(25)27/h5-11H,4,12H2,1-3H3,(H,24,26). The van der Waals surface area contributed by atoms with Crippen molar-refractivity contribution in [2.24, 2.45) is 0 Å². The van der Waals surface area contributed by atoms with Crippen LogP contribution >= 0.6 is 22.9 Å². The van der Waals surface area contributed by atoms with Gasteiger partial charge in [0.25, 0.3) is 5.56 Å². The van der Waals surface area contributed by atoms with Crippen molar-refractivity contribution in [1.82, 2.24) is 4.57 Å². The van der Waals surface area contributed by atoms with E-state index in [9.17, 15) is 14.4 Å². The second kappa shape index (κ2) is 9.28. The van der Waals surface area contributed by atoms with Crippen LogP contribution in [0.5, 0.6) is 0 Å². The summed E-state index contributed by atoms with van der Waals surface area (Å²) in [7, 11) is 0. The predicted molar refractivity (Wildman–Crippen MR) is 120 cm³/mol. The third kappa shape index (κ3) is 4.63. The van der Waals surface area contributed by atoms with Crippen molar-refractivity contribution in [3.8, 4) is 11.1 Å². The third-order valence-corrected chi connectivity index (χ3v) is 5.75. The summed E-state index contributed by atoms with van der Waals surface area (Å²) in [5.74, 6) is -0.924. The maximum absolute atomic E-state index is 12.7. The number of thiophene rings is 1. The molecule has 1 N–H and O–H groups in total. The van der Waals surface area contributed by atoms with Crippen molar-refractivity contribution in [3.05, 3.63) is 74.0 Å². The smallest absolute Gasteiger partial charge is 0.341 e. The van der Waals surface area contributed by atoms with Crippen LogP contribution in [-0.2, 0) is 16.1 Å². The molecule has 0 fully saturated rings. The summed E-state index contributed by atoms with van der Waals surface area (Å²) in [5.41, 5.74) is 2.10. The number of benzene rings is 1. The summed E-state index contributed by atoms with van der Waals surface area (Å²) in [4.78, 5) is 38.4. The van der Waals surface area contributed by atoms with Gasteiger partial charge in [-0.05, 0) is 44.5 Å². The van der Waals surface area contributed by atoms with E-state index in [1.807, 2.05) is 19.1 Å². The fraction of sp³-hybridized carbons (Fsp3) is 0.227. The van der Waals surface area contributed by atoms with Crippen molar-refractivity contribution < 1.29 is 14.3 Å². The Labute approximate surface area is 183 Å². The molecule has 0 saturated heterocycles. The zero-order chi connectivity index (χ0) is 21.8. The Hall–Kier alpha value is -2.90. The summed E-state index contributed by atoms with van der Waals surface area (Å²) >= 11 is 7.28. The molecule has 0 spiro atoms. The van der Waals surface area contributed by atoms with Crippen molar-refractivity contribution in [1.29, 1.82) is 0 Å². The van der Waals surface area contributed by atoms with E-state index in [4.69, 9.17) is 16.3 Å². The topological polar surface area (TPSA) is 77.4 Å². The molecule has 0 saturated carbocycles. The molecule has 6 nitrogen and oxygen atoms in total. The van der Waals surface area contributed by atoms with Crippen LogP contribution in [0.15, 0.2) is 47.4 Å². The van der Waals surface area contributed by atoms with Gasteiger partial charge in [0.15, 0.2) is 0 Å². The van der Waals surface area contributed by atoms with Gasteiger partial charge in [-0.25, -0.2) is 4.79 Å². The Balaban J connectivity index is 1.97. The minimum atomic E-state index is -0.519. The normalized spacial score (nSPS) is 10.7. The zero-order valence-corrected chi connectivity index (χ0v) is 18.4. The molecule has 0 aliphatic heterocycles. The van der Waals surface area contributed by atoms with E-state index < -0.39 is 11.9 Å². The zero-order valence-electron chi connectivity index (χ0n) is 16.8. The summed E-state index contributed by atoms with van der Waals surface area (Å²) < 4.78 is 6.57. The molecule has 3 rings (SSSR count). The largest absolute Gasteiger partial charge is 0.462 e. The van der Waals surface area contributed by atoms with Gasteiger partial charge in [-0.15, -0.1) is 11.3 Å². The van der Waals surface area contributed by atoms with Gasteiger partial charge in [0.05, 0.1) is 6.61 Å². The van der Waals surface area contributed by atoms with Crippen molar-refractivity contribution in [3.63, 3.8) is 0 Å². The molecule has 0 atom stereocenters. The first-order valence-electron chi connectivity index (χ1n) is 9.34. The maximum atomic E-state index is 12.7. The quantitative estimate of drug-likeness (QED) is 0.561. The van der Waals surface area contributed by atoms with E-state index in [0.29, 0.717) is 26.7 Å². The Morgan fingerprint density at radius 2 is 1.87 bits per heavy atom. The van der Waals surface area contributed by atoms with Gasteiger partial charge in [0, 0.05) is 27.2 Å². The fourth-order valence-corrected chi connectivity index (χ4v) is 4.30. The van der Waals surface area contributed by atoms with Crippen LogP contribution in [0.25, 0.3) is 11.1 Å². The highest BCUT2D eigenvalue weighted by Gasteiger charge is 2.25. The van der Waals surface area contributed by atoms with Gasteiger partial charge in [0.1, 0.15) is 17.1 Å². The van der Waals surface area contributed by atoms with Crippen molar-refractivity contribution in [2.75, 3.05) is 11.9 Å². The van der Waals surface area contributed by atoms with E-state index in [2.05, 4.69) is 5.32 Å². The van der Waals surface area contributed by atoms with E-state index >= 15 is 0 Å². The molecule has 0 unspecified atom stereocenters. The van der Waals surface area contributed by atoms with Gasteiger partial charge >= 0.3 is 5.97 Å². The Morgan fingerprint density at radius 3 is 2.53 bits per heavy atom. The van der Waals surface area contributed by atoms with E-state index in [-0.39, 0.29) is 18.7 Å². The number of pyridine rings is 1. The highest BCUT2D eigenvalue weighted by atomic mass is 35.5. The molecule has 3 aromatic rings. The highest BCUT2D eigenvalue weighted by Crippen LogP contribution is 2.40. The second-order valence-corrected chi connectivity index (χ2v) is 8.30. The number of carbonyl (C=O) groups is 2. The van der Waals surface area contributed by atoms with Crippen molar-refractivity contribution >= 4 is 39.8 Å².